The molecular formula is C18H16BrN3O2S. The summed E-state index contributed by atoms with van der Waals surface area (Å²) in [4.78, 5) is 30.0. The predicted molar refractivity (Wildman–Crippen MR) is 105 cm³/mol. The van der Waals surface area contributed by atoms with E-state index in [-0.39, 0.29) is 24.4 Å². The molecule has 3 rings (SSSR count). The molecule has 128 valence electrons. The van der Waals surface area contributed by atoms with E-state index < -0.39 is 0 Å². The van der Waals surface area contributed by atoms with Crippen molar-refractivity contribution < 1.29 is 4.79 Å². The molecule has 0 aliphatic carbocycles. The molecule has 0 atom stereocenters. The lowest BCUT2D eigenvalue weighted by Crippen LogP contribution is -2.23. The number of aryl methyl sites for hydroxylation is 1. The number of nitrogens with one attached hydrogen (secondary N) is 1. The number of benzene rings is 2. The minimum absolute atomic E-state index is 0.139. The van der Waals surface area contributed by atoms with Gasteiger partial charge in [-0.05, 0) is 42.7 Å². The van der Waals surface area contributed by atoms with E-state index in [9.17, 15) is 9.59 Å². The second-order valence-corrected chi connectivity index (χ2v) is 7.23. The fourth-order valence-corrected chi connectivity index (χ4v) is 3.26. The third-order valence-corrected chi connectivity index (χ3v) is 4.94. The second-order valence-electron chi connectivity index (χ2n) is 5.43. The van der Waals surface area contributed by atoms with Gasteiger partial charge in [0.25, 0.3) is 5.56 Å². The molecule has 25 heavy (non-hydrogen) atoms. The maximum atomic E-state index is 12.5. The topological polar surface area (TPSA) is 64.0 Å². The van der Waals surface area contributed by atoms with Gasteiger partial charge in [0.05, 0.1) is 17.2 Å². The van der Waals surface area contributed by atoms with Crippen molar-refractivity contribution >= 4 is 50.2 Å². The number of hydrogen-bond acceptors (Lipinski definition) is 4. The van der Waals surface area contributed by atoms with Crippen molar-refractivity contribution in [1.82, 2.24) is 9.55 Å². The summed E-state index contributed by atoms with van der Waals surface area (Å²) in [5, 5.41) is 3.39. The van der Waals surface area contributed by atoms with Crippen LogP contribution in [-0.4, -0.2) is 21.7 Å². The zero-order valence-corrected chi connectivity index (χ0v) is 15.9. The van der Waals surface area contributed by atoms with Crippen molar-refractivity contribution in [2.75, 3.05) is 11.6 Å². The van der Waals surface area contributed by atoms with Crippen molar-refractivity contribution in [2.24, 2.45) is 0 Å². The van der Waals surface area contributed by atoms with Gasteiger partial charge in [0.15, 0.2) is 0 Å². The van der Waals surface area contributed by atoms with Crippen LogP contribution in [0.1, 0.15) is 6.42 Å². The van der Waals surface area contributed by atoms with Crippen LogP contribution in [-0.2, 0) is 11.3 Å². The molecule has 0 unspecified atom stereocenters. The number of halogens is 1. The van der Waals surface area contributed by atoms with Crippen molar-refractivity contribution in [2.45, 2.75) is 17.9 Å². The number of fused-ring (bicyclic) bond motifs is 1. The minimum Gasteiger partial charge on any atom is -0.326 e. The number of thioether (sulfide) groups is 1. The Kier molecular flexibility index (Phi) is 5.55. The Morgan fingerprint density at radius 3 is 2.92 bits per heavy atom. The van der Waals surface area contributed by atoms with Crippen LogP contribution in [0.15, 0.2) is 63.0 Å². The average Bonchev–Trinajstić information content (AvgIpc) is 2.62. The van der Waals surface area contributed by atoms with Gasteiger partial charge in [-0.3, -0.25) is 14.2 Å². The third-order valence-electron chi connectivity index (χ3n) is 3.72. The molecule has 1 N–H and O–H groups in total. The number of carbonyl (C=O) groups is 1. The smallest absolute Gasteiger partial charge is 0.261 e. The first-order valence-electron chi connectivity index (χ1n) is 7.65. The molecule has 0 fully saturated rings. The fourth-order valence-electron chi connectivity index (χ4n) is 2.44. The number of anilines is 1. The van der Waals surface area contributed by atoms with Gasteiger partial charge >= 0.3 is 0 Å². The highest BCUT2D eigenvalue weighted by molar-refractivity contribution is 9.10. The predicted octanol–water partition coefficient (Wildman–Crippen LogP) is 3.91. The zero-order chi connectivity index (χ0) is 17.8. The summed E-state index contributed by atoms with van der Waals surface area (Å²) in [7, 11) is 0. The number of hydrogen-bond donors (Lipinski definition) is 1. The van der Waals surface area contributed by atoms with Crippen molar-refractivity contribution in [3.8, 4) is 0 Å². The summed E-state index contributed by atoms with van der Waals surface area (Å²) >= 11 is 4.98. The lowest BCUT2D eigenvalue weighted by molar-refractivity contribution is -0.116. The van der Waals surface area contributed by atoms with E-state index in [0.29, 0.717) is 10.9 Å². The fraction of sp³-hybridized carbons (Fsp3) is 0.167. The molecule has 5 nitrogen and oxygen atoms in total. The van der Waals surface area contributed by atoms with Crippen LogP contribution in [0.3, 0.4) is 0 Å². The molecule has 0 spiro atoms. The van der Waals surface area contributed by atoms with E-state index in [2.05, 4.69) is 26.2 Å². The molecule has 0 radical (unpaired) electrons. The molecule has 7 heteroatoms. The highest BCUT2D eigenvalue weighted by atomic mass is 79.9. The molecule has 0 bridgehead atoms. The van der Waals surface area contributed by atoms with Gasteiger partial charge in [0.2, 0.25) is 5.91 Å². The van der Waals surface area contributed by atoms with Crippen LogP contribution in [0.2, 0.25) is 0 Å². The molecule has 1 heterocycles. The van der Waals surface area contributed by atoms with E-state index in [0.717, 1.165) is 15.1 Å². The average molecular weight is 418 g/mol. The molecule has 0 aliphatic rings. The molecule has 1 aromatic heterocycles. The molecule has 0 saturated carbocycles. The van der Waals surface area contributed by atoms with Crippen LogP contribution < -0.4 is 10.9 Å². The third kappa shape index (κ3) is 4.29. The molecule has 1 amide bonds. The summed E-state index contributed by atoms with van der Waals surface area (Å²) < 4.78 is 2.29. The standard InChI is InChI=1S/C18H16BrN3O2S/c1-25-14-4-2-3-13(10-14)21-17(23)7-8-22-11-20-16-6-5-12(19)9-15(16)18(22)24/h2-6,9-11H,7-8H2,1H3,(H,21,23). The van der Waals surface area contributed by atoms with Crippen LogP contribution in [0.5, 0.6) is 0 Å². The summed E-state index contributed by atoms with van der Waals surface area (Å²) in [6.45, 7) is 0.280. The Morgan fingerprint density at radius 1 is 1.28 bits per heavy atom. The first kappa shape index (κ1) is 17.7. The monoisotopic (exact) mass is 417 g/mol. The largest absolute Gasteiger partial charge is 0.326 e. The van der Waals surface area contributed by atoms with Crippen LogP contribution >= 0.6 is 27.7 Å². The van der Waals surface area contributed by atoms with Gasteiger partial charge < -0.3 is 5.32 Å². The summed E-state index contributed by atoms with van der Waals surface area (Å²) in [5.41, 5.74) is 1.25. The number of aromatic nitrogens is 2. The Labute approximate surface area is 157 Å². The van der Waals surface area contributed by atoms with Crippen molar-refractivity contribution in [3.63, 3.8) is 0 Å². The normalized spacial score (nSPS) is 10.8. The molecule has 0 saturated heterocycles. The lowest BCUT2D eigenvalue weighted by Gasteiger charge is -2.08. The van der Waals surface area contributed by atoms with Crippen LogP contribution in [0.25, 0.3) is 10.9 Å². The number of amides is 1. The minimum atomic E-state index is -0.150. The molecule has 2 aromatic carbocycles. The van der Waals surface area contributed by atoms with E-state index in [1.54, 1.807) is 23.9 Å². The maximum Gasteiger partial charge on any atom is 0.261 e. The quantitative estimate of drug-likeness (QED) is 0.639. The summed E-state index contributed by atoms with van der Waals surface area (Å²) in [6.07, 6.45) is 3.67. The van der Waals surface area contributed by atoms with Gasteiger partial charge in [0, 0.05) is 28.0 Å². The lowest BCUT2D eigenvalue weighted by atomic mass is 10.2. The van der Waals surface area contributed by atoms with Gasteiger partial charge in [-0.1, -0.05) is 22.0 Å². The highest BCUT2D eigenvalue weighted by Crippen LogP contribution is 2.19. The van der Waals surface area contributed by atoms with Gasteiger partial charge in [-0.15, -0.1) is 11.8 Å². The first-order valence-corrected chi connectivity index (χ1v) is 9.67. The molecule has 0 aliphatic heterocycles. The summed E-state index contributed by atoms with van der Waals surface area (Å²) in [6, 6.07) is 13.0. The van der Waals surface area contributed by atoms with E-state index in [1.165, 1.54) is 10.9 Å². The van der Waals surface area contributed by atoms with Gasteiger partial charge in [-0.25, -0.2) is 4.98 Å². The number of nitrogens with zero attached hydrogens (tertiary/aromatic N) is 2. The van der Waals surface area contributed by atoms with Crippen LogP contribution in [0, 0.1) is 0 Å². The Balaban J connectivity index is 1.70. The Hall–Kier alpha value is -2.12. The van der Waals surface area contributed by atoms with E-state index in [4.69, 9.17) is 0 Å². The van der Waals surface area contributed by atoms with E-state index in [1.807, 2.05) is 36.6 Å². The van der Waals surface area contributed by atoms with E-state index >= 15 is 0 Å². The first-order chi connectivity index (χ1) is 12.1. The Bertz CT molecular complexity index is 987. The molecule has 3 aromatic rings. The van der Waals surface area contributed by atoms with Crippen molar-refractivity contribution in [1.29, 1.82) is 0 Å². The van der Waals surface area contributed by atoms with Crippen LogP contribution in [0.4, 0.5) is 5.69 Å². The SMILES string of the molecule is CSc1cccc(NC(=O)CCn2cnc3ccc(Br)cc3c2=O)c1. The number of carbonyl (C=O) groups excluding carboxylic acids is 1. The second kappa shape index (κ2) is 7.84. The summed E-state index contributed by atoms with van der Waals surface area (Å²) in [5.74, 6) is -0.139. The Morgan fingerprint density at radius 2 is 2.12 bits per heavy atom. The highest BCUT2D eigenvalue weighted by Gasteiger charge is 2.08. The van der Waals surface area contributed by atoms with Gasteiger partial charge in [0.1, 0.15) is 0 Å². The van der Waals surface area contributed by atoms with Crippen molar-refractivity contribution in [3.05, 3.63) is 63.6 Å². The molecular weight excluding hydrogens is 402 g/mol. The number of rotatable bonds is 5. The van der Waals surface area contributed by atoms with Gasteiger partial charge in [-0.2, -0.15) is 0 Å². The maximum absolute atomic E-state index is 12.5. The zero-order valence-electron chi connectivity index (χ0n) is 13.5.